The molecule has 4 aliphatic rings. The van der Waals surface area contributed by atoms with Gasteiger partial charge in [-0.1, -0.05) is 32.5 Å². The van der Waals surface area contributed by atoms with Crippen LogP contribution in [0.5, 0.6) is 0 Å². The third-order valence-electron chi connectivity index (χ3n) is 10.9. The Kier molecular flexibility index (Phi) is 12.3. The second kappa shape index (κ2) is 16.3. The van der Waals surface area contributed by atoms with Crippen LogP contribution >= 0.6 is 24.8 Å². The first-order valence-electron chi connectivity index (χ1n) is 18.8. The summed E-state index contributed by atoms with van der Waals surface area (Å²) >= 11 is 10.8. The largest absolute Gasteiger partial charge is 0.344 e. The van der Waals surface area contributed by atoms with Crippen LogP contribution in [0.15, 0.2) is 80.1 Å². The highest BCUT2D eigenvalue weighted by Gasteiger charge is 2.48. The number of allylic oxidation sites excluding steroid dienone is 5. The van der Waals surface area contributed by atoms with Crippen LogP contribution in [0.1, 0.15) is 77.3 Å². The first-order chi connectivity index (χ1) is 28.1. The van der Waals surface area contributed by atoms with Gasteiger partial charge in [0.05, 0.1) is 26.3 Å². The lowest BCUT2D eigenvalue weighted by atomic mass is 9.78. The Morgan fingerprint density at radius 3 is 2.05 bits per heavy atom. The Morgan fingerprint density at radius 1 is 0.885 bits per heavy atom. The number of nitrogens with zero attached hydrogens (tertiary/aromatic N) is 3. The van der Waals surface area contributed by atoms with Crippen LogP contribution in [0.2, 0.25) is 0 Å². The molecule has 0 atom stereocenters. The average Bonchev–Trinajstić information content (AvgIpc) is 3.65. The highest BCUT2D eigenvalue weighted by molar-refractivity contribution is 7.89. The van der Waals surface area contributed by atoms with Crippen molar-refractivity contribution in [1.82, 2.24) is 9.79 Å². The van der Waals surface area contributed by atoms with Crippen molar-refractivity contribution in [3.05, 3.63) is 81.4 Å². The molecule has 17 nitrogen and oxygen atoms in total. The number of benzene rings is 2. The summed E-state index contributed by atoms with van der Waals surface area (Å²) in [6, 6.07) is 8.19. The fourth-order valence-electron chi connectivity index (χ4n) is 7.85. The number of thiol groups is 1. The first-order valence-corrected chi connectivity index (χ1v) is 24.4. The van der Waals surface area contributed by atoms with E-state index in [4.69, 9.17) is 29.7 Å². The Labute approximate surface area is 364 Å². The maximum Gasteiger partial charge on any atom is 0.333 e. The summed E-state index contributed by atoms with van der Waals surface area (Å²) in [5, 5.41) is 0.504. The molecule has 0 unspecified atom stereocenters. The van der Waals surface area contributed by atoms with Gasteiger partial charge in [-0.15, -0.1) is 17.7 Å². The Morgan fingerprint density at radius 2 is 1.48 bits per heavy atom. The number of rotatable bonds is 14. The predicted molar refractivity (Wildman–Crippen MR) is 229 cm³/mol. The maximum atomic E-state index is 13.0. The maximum absolute atomic E-state index is 13.0. The van der Waals surface area contributed by atoms with E-state index in [0.717, 1.165) is 6.26 Å². The number of unbranched alkanes of at least 4 members (excludes halogenated alkanes) is 2. The van der Waals surface area contributed by atoms with Gasteiger partial charge >= 0.3 is 5.97 Å². The smallest absolute Gasteiger partial charge is 0.333 e. The molecule has 0 saturated carbocycles. The number of hydrogen-bond acceptors (Lipinski definition) is 14. The SMILES string of the molecule is CC1(C)C(C=C2C(=S)C(/C=C3/N(CCCCCC(=O)ON4C(=O)CCC4=O)c4ccc(S(=O)(=O)O)cc4C3(C)C)=C2S)=[N+](CC(=O)NS(C)(=O)=O)c2ccc(S(=O)(=O)O)cc21. The lowest BCUT2D eigenvalue weighted by Crippen LogP contribution is -2.37. The minimum Gasteiger partial charge on any atom is -0.344 e. The van der Waals surface area contributed by atoms with Gasteiger partial charge in [-0.05, 0) is 68.7 Å². The van der Waals surface area contributed by atoms with Crippen LogP contribution in [0.3, 0.4) is 0 Å². The molecular weight excluding hydrogens is 893 g/mol. The molecule has 3 amide bonds. The van der Waals surface area contributed by atoms with Gasteiger partial charge < -0.3 is 9.74 Å². The molecule has 326 valence electrons. The number of imide groups is 1. The van der Waals surface area contributed by atoms with Crippen LogP contribution in [0.25, 0.3) is 0 Å². The van der Waals surface area contributed by atoms with Gasteiger partial charge in [-0.25, -0.2) is 17.9 Å². The van der Waals surface area contributed by atoms with Crippen molar-refractivity contribution in [1.29, 1.82) is 0 Å². The highest BCUT2D eigenvalue weighted by atomic mass is 32.2. The Balaban J connectivity index is 1.33. The number of carbonyl (C=O) groups is 4. The number of sulfonamides is 1. The van der Waals surface area contributed by atoms with Crippen LogP contribution < -0.4 is 9.62 Å². The molecule has 0 bridgehead atoms. The minimum absolute atomic E-state index is 0.0158. The molecule has 3 N–H and O–H groups in total. The number of anilines is 1. The van der Waals surface area contributed by atoms with Gasteiger partial charge in [0.15, 0.2) is 5.71 Å². The molecule has 0 radical (unpaired) electrons. The summed E-state index contributed by atoms with van der Waals surface area (Å²) < 4.78 is 95.6. The van der Waals surface area contributed by atoms with E-state index in [1.807, 2.05) is 29.5 Å². The van der Waals surface area contributed by atoms with E-state index in [2.05, 4.69) is 0 Å². The van der Waals surface area contributed by atoms with Crippen LogP contribution in [0.4, 0.5) is 11.4 Å². The van der Waals surface area contributed by atoms with E-state index in [-0.39, 0.29) is 29.1 Å². The molecule has 0 spiro atoms. The highest BCUT2D eigenvalue weighted by Crippen LogP contribution is 2.51. The average molecular weight is 936 g/mol. The Hall–Kier alpha value is -4.58. The third-order valence-corrected chi connectivity index (χ3v) is 14.2. The summed E-state index contributed by atoms with van der Waals surface area (Å²) in [7, 11) is -13.1. The van der Waals surface area contributed by atoms with Gasteiger partial charge in [-0.2, -0.15) is 21.4 Å². The molecule has 1 aliphatic carbocycles. The molecule has 1 fully saturated rings. The van der Waals surface area contributed by atoms with Gasteiger partial charge in [0, 0.05) is 76.4 Å². The van der Waals surface area contributed by atoms with E-state index in [1.54, 1.807) is 26.0 Å². The molecule has 2 aromatic carbocycles. The van der Waals surface area contributed by atoms with Crippen molar-refractivity contribution in [3.8, 4) is 0 Å². The second-order valence-electron chi connectivity index (χ2n) is 16.0. The molecule has 0 aromatic heterocycles. The molecule has 1 saturated heterocycles. The number of carbonyl (C=O) groups excluding carboxylic acids is 4. The fourth-order valence-corrected chi connectivity index (χ4v) is 10.2. The number of hydroxylamine groups is 2. The molecule has 6 rings (SSSR count). The normalized spacial score (nSPS) is 19.8. The minimum atomic E-state index is -4.61. The van der Waals surface area contributed by atoms with Crippen LogP contribution in [-0.2, 0) is 65.1 Å². The van der Waals surface area contributed by atoms with E-state index in [1.165, 1.54) is 34.9 Å². The van der Waals surface area contributed by atoms with Crippen molar-refractivity contribution >= 4 is 101 Å². The zero-order chi connectivity index (χ0) is 45.2. The molecular formula is C39H43N4O13S5+. The number of nitrogens with one attached hydrogen (secondary N) is 1. The zero-order valence-electron chi connectivity index (χ0n) is 33.6. The van der Waals surface area contributed by atoms with Gasteiger partial charge in [0.1, 0.15) is 0 Å². The standard InChI is InChI=1S/C39H42N4O13S5/c1-38(2)26-17-22(60(50,51)52)10-12-28(26)41(16-8-6-7-9-35(47)56-43-33(45)14-15-34(43)46)30(38)19-24-36(57)25(37(24)58)20-31-39(3,4)27-18-23(61(53,54)55)11-13-29(27)42(31)21-32(44)40-59(5,48)49/h10-13,17-20H,6-9,14-16,21H2,1-5H3,(H3-,40,44,50,51,52,53,54,55,57,58)/p+1. The van der Waals surface area contributed by atoms with E-state index in [9.17, 15) is 53.5 Å². The lowest BCUT2D eigenvalue weighted by Gasteiger charge is -2.31. The monoisotopic (exact) mass is 935 g/mol. The second-order valence-corrected chi connectivity index (χ2v) is 21.5. The summed E-state index contributed by atoms with van der Waals surface area (Å²) in [4.78, 5) is 56.1. The Bertz CT molecular complexity index is 2790. The number of amides is 3. The zero-order valence-corrected chi connectivity index (χ0v) is 37.7. The summed E-state index contributed by atoms with van der Waals surface area (Å²) in [5.74, 6) is -2.71. The number of fused-ring (bicyclic) bond motifs is 2. The number of thiocarbonyl (C=S) groups is 1. The van der Waals surface area contributed by atoms with Crippen LogP contribution in [-0.4, -0.2) is 97.6 Å². The first kappa shape index (κ1) is 45.9. The van der Waals surface area contributed by atoms with Crippen molar-refractivity contribution in [2.24, 2.45) is 0 Å². The van der Waals surface area contributed by atoms with Crippen molar-refractivity contribution in [2.45, 2.75) is 86.8 Å². The number of hydrogen-bond donors (Lipinski definition) is 4. The fraction of sp³-hybridized carbons (Fsp3) is 0.385. The summed E-state index contributed by atoms with van der Waals surface area (Å²) in [5.41, 5.74) is 2.44. The molecule has 2 aromatic rings. The summed E-state index contributed by atoms with van der Waals surface area (Å²) in [6.45, 7) is 7.22. The molecule has 3 heterocycles. The van der Waals surface area contributed by atoms with Crippen molar-refractivity contribution < 1.29 is 63.0 Å². The molecule has 22 heteroatoms. The lowest BCUT2D eigenvalue weighted by molar-refractivity contribution is -0.425. The molecule has 61 heavy (non-hydrogen) atoms. The van der Waals surface area contributed by atoms with E-state index >= 15 is 0 Å². The third kappa shape index (κ3) is 9.16. The van der Waals surface area contributed by atoms with Gasteiger partial charge in [0.25, 0.3) is 38.0 Å². The predicted octanol–water partition coefficient (Wildman–Crippen LogP) is 3.98. The summed E-state index contributed by atoms with van der Waals surface area (Å²) in [6.07, 6.45) is 5.75. The van der Waals surface area contributed by atoms with Gasteiger partial charge in [0.2, 0.25) is 22.3 Å². The van der Waals surface area contributed by atoms with Crippen molar-refractivity contribution in [3.63, 3.8) is 0 Å². The topological polar surface area (TPSA) is 242 Å². The van der Waals surface area contributed by atoms with E-state index in [0.29, 0.717) is 85.7 Å². The quantitative estimate of drug-likeness (QED) is 0.0399. The van der Waals surface area contributed by atoms with Crippen LogP contribution in [0, 0.1) is 0 Å². The molecule has 3 aliphatic heterocycles. The van der Waals surface area contributed by atoms with Crippen molar-refractivity contribution in [2.75, 3.05) is 24.2 Å². The van der Waals surface area contributed by atoms with Gasteiger partial charge in [-0.3, -0.25) is 23.5 Å². The van der Waals surface area contributed by atoms with E-state index < -0.39 is 71.3 Å².